The van der Waals surface area contributed by atoms with Crippen LogP contribution in [-0.4, -0.2) is 21.4 Å². The quantitative estimate of drug-likeness (QED) is 0.596. The molecule has 5 nitrogen and oxygen atoms in total. The predicted octanol–water partition coefficient (Wildman–Crippen LogP) is 4.93. The van der Waals surface area contributed by atoms with Crippen molar-refractivity contribution >= 4 is 21.6 Å². The van der Waals surface area contributed by atoms with Gasteiger partial charge in [0.1, 0.15) is 0 Å². The number of sulfonamides is 1. The molecule has 0 aromatic heterocycles. The molecule has 0 fully saturated rings. The van der Waals surface area contributed by atoms with Gasteiger partial charge in [-0.2, -0.15) is 0 Å². The summed E-state index contributed by atoms with van der Waals surface area (Å²) in [6, 6.07) is 19.3. The van der Waals surface area contributed by atoms with E-state index in [-0.39, 0.29) is 16.8 Å². The van der Waals surface area contributed by atoms with Crippen LogP contribution in [0.3, 0.4) is 0 Å². The molecule has 162 valence electrons. The maximum absolute atomic E-state index is 13.1. The summed E-state index contributed by atoms with van der Waals surface area (Å²) in [6.07, 6.45) is 0. The highest BCUT2D eigenvalue weighted by Gasteiger charge is 2.23. The van der Waals surface area contributed by atoms with Crippen LogP contribution in [0.1, 0.15) is 45.6 Å². The molecule has 3 aromatic rings. The van der Waals surface area contributed by atoms with Gasteiger partial charge in [-0.15, -0.1) is 0 Å². The lowest BCUT2D eigenvalue weighted by molar-refractivity contribution is 0.0939. The zero-order chi connectivity index (χ0) is 22.8. The van der Waals surface area contributed by atoms with Gasteiger partial charge in [0.05, 0.1) is 16.6 Å². The first-order chi connectivity index (χ1) is 14.6. The Hall–Kier alpha value is -3.12. The van der Waals surface area contributed by atoms with E-state index in [4.69, 9.17) is 0 Å². The number of hydrogen-bond donors (Lipinski definition) is 1. The number of amides is 1. The van der Waals surface area contributed by atoms with E-state index in [1.807, 2.05) is 52.0 Å². The first kappa shape index (κ1) is 22.6. The summed E-state index contributed by atoms with van der Waals surface area (Å²) in [6.45, 7) is 7.87. The summed E-state index contributed by atoms with van der Waals surface area (Å²) < 4.78 is 27.5. The number of nitrogens with zero attached hydrogens (tertiary/aromatic N) is 1. The van der Waals surface area contributed by atoms with Crippen molar-refractivity contribution in [1.82, 2.24) is 5.32 Å². The molecule has 0 aliphatic carbocycles. The van der Waals surface area contributed by atoms with Gasteiger partial charge in [-0.05, 0) is 74.7 Å². The van der Waals surface area contributed by atoms with E-state index in [9.17, 15) is 13.2 Å². The van der Waals surface area contributed by atoms with Crippen molar-refractivity contribution in [2.75, 3.05) is 11.4 Å². The molecule has 0 aliphatic rings. The number of anilines is 1. The summed E-state index contributed by atoms with van der Waals surface area (Å²) >= 11 is 0. The van der Waals surface area contributed by atoms with Crippen LogP contribution in [0.5, 0.6) is 0 Å². The van der Waals surface area contributed by atoms with Crippen LogP contribution >= 0.6 is 0 Å². The molecule has 1 atom stereocenters. The van der Waals surface area contributed by atoms with E-state index >= 15 is 0 Å². The van der Waals surface area contributed by atoms with E-state index in [1.165, 1.54) is 23.5 Å². The van der Waals surface area contributed by atoms with Crippen molar-refractivity contribution in [3.63, 3.8) is 0 Å². The average Bonchev–Trinajstić information content (AvgIpc) is 2.73. The normalized spacial score (nSPS) is 12.3. The van der Waals surface area contributed by atoms with Crippen LogP contribution in [0.15, 0.2) is 71.6 Å². The summed E-state index contributed by atoms with van der Waals surface area (Å²) in [7, 11) is -2.29. The van der Waals surface area contributed by atoms with Gasteiger partial charge < -0.3 is 5.32 Å². The molecule has 0 aliphatic heterocycles. The van der Waals surface area contributed by atoms with Crippen molar-refractivity contribution in [2.45, 2.75) is 38.6 Å². The molecule has 0 saturated carbocycles. The second-order valence-electron chi connectivity index (χ2n) is 7.89. The SMILES string of the molecule is Cc1cccc(N(C)S(=O)(=O)c2cccc(C(=O)NC(C)c3ccc(C)cc3C)c2)c1. The molecule has 0 spiro atoms. The van der Waals surface area contributed by atoms with Crippen molar-refractivity contribution in [2.24, 2.45) is 0 Å². The second-order valence-corrected chi connectivity index (χ2v) is 9.86. The number of carbonyl (C=O) groups excluding carboxylic acids is 1. The summed E-state index contributed by atoms with van der Waals surface area (Å²) in [4.78, 5) is 12.9. The van der Waals surface area contributed by atoms with Crippen LogP contribution in [0.2, 0.25) is 0 Å². The molecular formula is C25H28N2O3S. The third-order valence-corrected chi connectivity index (χ3v) is 7.14. The summed E-state index contributed by atoms with van der Waals surface area (Å²) in [5, 5.41) is 2.97. The molecule has 1 unspecified atom stereocenters. The maximum Gasteiger partial charge on any atom is 0.264 e. The van der Waals surface area contributed by atoms with Gasteiger partial charge in [0.15, 0.2) is 0 Å². The Balaban J connectivity index is 1.84. The first-order valence-electron chi connectivity index (χ1n) is 10.1. The number of rotatable bonds is 6. The molecule has 0 radical (unpaired) electrons. The van der Waals surface area contributed by atoms with Gasteiger partial charge >= 0.3 is 0 Å². The lowest BCUT2D eigenvalue weighted by Crippen LogP contribution is -2.29. The van der Waals surface area contributed by atoms with Gasteiger partial charge in [-0.3, -0.25) is 9.10 Å². The van der Waals surface area contributed by atoms with Crippen LogP contribution in [0.4, 0.5) is 5.69 Å². The average molecular weight is 437 g/mol. The highest BCUT2D eigenvalue weighted by molar-refractivity contribution is 7.92. The smallest absolute Gasteiger partial charge is 0.264 e. The number of carbonyl (C=O) groups is 1. The molecule has 0 bridgehead atoms. The van der Waals surface area contributed by atoms with Gasteiger partial charge in [0.2, 0.25) is 0 Å². The Morgan fingerprint density at radius 2 is 1.58 bits per heavy atom. The molecular weight excluding hydrogens is 408 g/mol. The third-order valence-electron chi connectivity index (χ3n) is 5.36. The summed E-state index contributed by atoms with van der Waals surface area (Å²) in [5.41, 5.74) is 5.13. The van der Waals surface area contributed by atoms with Crippen molar-refractivity contribution in [3.8, 4) is 0 Å². The fraction of sp³-hybridized carbons (Fsp3) is 0.240. The zero-order valence-corrected chi connectivity index (χ0v) is 19.3. The zero-order valence-electron chi connectivity index (χ0n) is 18.5. The monoisotopic (exact) mass is 436 g/mol. The number of hydrogen-bond acceptors (Lipinski definition) is 3. The maximum atomic E-state index is 13.1. The Morgan fingerprint density at radius 1 is 0.903 bits per heavy atom. The fourth-order valence-corrected chi connectivity index (χ4v) is 4.82. The van der Waals surface area contributed by atoms with Crippen molar-refractivity contribution in [1.29, 1.82) is 0 Å². The van der Waals surface area contributed by atoms with Crippen LogP contribution in [-0.2, 0) is 10.0 Å². The Morgan fingerprint density at radius 3 is 2.26 bits per heavy atom. The number of benzene rings is 3. The molecule has 6 heteroatoms. The lowest BCUT2D eigenvalue weighted by Gasteiger charge is -2.21. The third kappa shape index (κ3) is 4.97. The number of aryl methyl sites for hydroxylation is 3. The van der Waals surface area contributed by atoms with E-state index in [0.717, 1.165) is 22.3 Å². The Kier molecular flexibility index (Phi) is 6.51. The molecule has 3 aromatic carbocycles. The van der Waals surface area contributed by atoms with Crippen LogP contribution < -0.4 is 9.62 Å². The summed E-state index contributed by atoms with van der Waals surface area (Å²) in [5.74, 6) is -0.317. The van der Waals surface area contributed by atoms with Gasteiger partial charge in [-0.25, -0.2) is 8.42 Å². The van der Waals surface area contributed by atoms with Crippen LogP contribution in [0.25, 0.3) is 0 Å². The molecule has 1 amide bonds. The lowest BCUT2D eigenvalue weighted by atomic mass is 10.00. The Labute approximate surface area is 184 Å². The predicted molar refractivity (Wildman–Crippen MR) is 125 cm³/mol. The molecule has 0 saturated heterocycles. The topological polar surface area (TPSA) is 66.5 Å². The van der Waals surface area contributed by atoms with E-state index in [0.29, 0.717) is 11.3 Å². The van der Waals surface area contributed by atoms with Crippen molar-refractivity contribution in [3.05, 3.63) is 94.5 Å². The fourth-order valence-electron chi connectivity index (χ4n) is 3.59. The highest BCUT2D eigenvalue weighted by atomic mass is 32.2. The van der Waals surface area contributed by atoms with Gasteiger partial charge in [0, 0.05) is 12.6 Å². The van der Waals surface area contributed by atoms with E-state index in [2.05, 4.69) is 11.4 Å². The molecule has 31 heavy (non-hydrogen) atoms. The Bertz CT molecular complexity index is 1220. The van der Waals surface area contributed by atoms with E-state index in [1.54, 1.807) is 24.3 Å². The standard InChI is InChI=1S/C25H28N2O3S/c1-17-8-6-10-22(15-17)27(5)31(29,30)23-11-7-9-21(16-23)25(28)26-20(4)24-13-12-18(2)14-19(24)3/h6-16,20H,1-5H3,(H,26,28). The van der Waals surface area contributed by atoms with Gasteiger partial charge in [0.25, 0.3) is 15.9 Å². The number of nitrogens with one attached hydrogen (secondary N) is 1. The second kappa shape index (κ2) is 8.94. The van der Waals surface area contributed by atoms with Crippen LogP contribution in [0, 0.1) is 20.8 Å². The minimum absolute atomic E-state index is 0.0725. The minimum atomic E-state index is -3.80. The first-order valence-corrected chi connectivity index (χ1v) is 11.6. The largest absolute Gasteiger partial charge is 0.346 e. The van der Waals surface area contributed by atoms with E-state index < -0.39 is 10.0 Å². The molecule has 3 rings (SSSR count). The highest BCUT2D eigenvalue weighted by Crippen LogP contribution is 2.24. The van der Waals surface area contributed by atoms with Gasteiger partial charge in [-0.1, -0.05) is 42.0 Å². The van der Waals surface area contributed by atoms with Crippen molar-refractivity contribution < 1.29 is 13.2 Å². The minimum Gasteiger partial charge on any atom is -0.346 e. The molecule has 0 heterocycles. The molecule has 1 N–H and O–H groups in total.